The van der Waals surface area contributed by atoms with Crippen LogP contribution in [0.5, 0.6) is 0 Å². The van der Waals surface area contributed by atoms with Gasteiger partial charge in [0, 0.05) is 11.8 Å². The van der Waals surface area contributed by atoms with Crippen LogP contribution in [0.1, 0.15) is 19.4 Å². The maximum atomic E-state index is 6.03. The second kappa shape index (κ2) is 6.49. The maximum Gasteiger partial charge on any atom is 0.0171 e. The molecule has 0 radical (unpaired) electrons. The van der Waals surface area contributed by atoms with Gasteiger partial charge in [0.05, 0.1) is 0 Å². The minimum absolute atomic E-state index is 0.313. The van der Waals surface area contributed by atoms with E-state index in [0.29, 0.717) is 6.04 Å². The zero-order valence-corrected chi connectivity index (χ0v) is 10.5. The van der Waals surface area contributed by atoms with Gasteiger partial charge in [0.1, 0.15) is 0 Å². The number of hydrogen-bond donors (Lipinski definition) is 1. The third-order valence-corrected chi connectivity index (χ3v) is 4.16. The summed E-state index contributed by atoms with van der Waals surface area (Å²) >= 11 is 3.72. The summed E-state index contributed by atoms with van der Waals surface area (Å²) in [7, 11) is 0. The predicted octanol–water partition coefficient (Wildman–Crippen LogP) is 3.01. The summed E-state index contributed by atoms with van der Waals surface area (Å²) in [6, 6.07) is 2.48. The molecule has 1 unspecified atom stereocenters. The van der Waals surface area contributed by atoms with Gasteiger partial charge < -0.3 is 5.73 Å². The molecule has 80 valence electrons. The zero-order valence-electron chi connectivity index (χ0n) is 8.90. The summed E-state index contributed by atoms with van der Waals surface area (Å²) in [6.45, 7) is 4.49. The van der Waals surface area contributed by atoms with E-state index in [4.69, 9.17) is 5.73 Å². The van der Waals surface area contributed by atoms with Gasteiger partial charge >= 0.3 is 0 Å². The molecule has 0 saturated heterocycles. The Kier molecular flexibility index (Phi) is 5.60. The predicted molar refractivity (Wildman–Crippen MR) is 68.2 cm³/mol. The second-order valence-electron chi connectivity index (χ2n) is 4.03. The Labute approximate surface area is 95.1 Å². The third-order valence-electron chi connectivity index (χ3n) is 1.86. The molecule has 0 aliphatic heterocycles. The molecule has 2 N–H and O–H groups in total. The van der Waals surface area contributed by atoms with Gasteiger partial charge in [-0.25, -0.2) is 0 Å². The van der Waals surface area contributed by atoms with Crippen LogP contribution < -0.4 is 5.73 Å². The van der Waals surface area contributed by atoms with E-state index in [1.165, 1.54) is 11.3 Å². The highest BCUT2D eigenvalue weighted by atomic mass is 32.2. The van der Waals surface area contributed by atoms with E-state index in [-0.39, 0.29) is 0 Å². The van der Waals surface area contributed by atoms with Gasteiger partial charge in [-0.3, -0.25) is 0 Å². The number of nitrogens with two attached hydrogens (primary N) is 1. The lowest BCUT2D eigenvalue weighted by Crippen LogP contribution is -2.25. The molecule has 14 heavy (non-hydrogen) atoms. The zero-order chi connectivity index (χ0) is 10.4. The van der Waals surface area contributed by atoms with Gasteiger partial charge in [-0.1, -0.05) is 13.8 Å². The normalized spacial score (nSPS) is 13.4. The lowest BCUT2D eigenvalue weighted by atomic mass is 10.1. The largest absolute Gasteiger partial charge is 0.327 e. The van der Waals surface area contributed by atoms with Crippen LogP contribution >= 0.6 is 23.1 Å². The van der Waals surface area contributed by atoms with Gasteiger partial charge in [0.25, 0.3) is 0 Å². The minimum atomic E-state index is 0.313. The highest BCUT2D eigenvalue weighted by Crippen LogP contribution is 2.12. The molecule has 1 heterocycles. The van der Waals surface area contributed by atoms with E-state index < -0.39 is 0 Å². The summed E-state index contributed by atoms with van der Waals surface area (Å²) in [5.74, 6) is 3.07. The SMILES string of the molecule is CC(C)CSCC(N)Cc1ccsc1. The molecular formula is C11H19NS2. The van der Waals surface area contributed by atoms with Crippen LogP contribution in [0.25, 0.3) is 0 Å². The van der Waals surface area contributed by atoms with Gasteiger partial charge in [0.15, 0.2) is 0 Å². The summed E-state index contributed by atoms with van der Waals surface area (Å²) in [6.07, 6.45) is 1.02. The molecule has 1 rings (SSSR count). The van der Waals surface area contributed by atoms with Crippen LogP contribution in [0.2, 0.25) is 0 Å². The van der Waals surface area contributed by atoms with Crippen LogP contribution in [0, 0.1) is 5.92 Å². The van der Waals surface area contributed by atoms with E-state index in [2.05, 4.69) is 30.7 Å². The van der Waals surface area contributed by atoms with E-state index in [1.54, 1.807) is 11.3 Å². The fourth-order valence-corrected chi connectivity index (χ4v) is 2.94. The first-order valence-electron chi connectivity index (χ1n) is 5.03. The summed E-state index contributed by atoms with van der Waals surface area (Å²) < 4.78 is 0. The minimum Gasteiger partial charge on any atom is -0.327 e. The fraction of sp³-hybridized carbons (Fsp3) is 0.636. The van der Waals surface area contributed by atoms with Crippen molar-refractivity contribution < 1.29 is 0 Å². The summed E-state index contributed by atoms with van der Waals surface area (Å²) in [5.41, 5.74) is 7.42. The average Bonchev–Trinajstić information content (AvgIpc) is 2.56. The second-order valence-corrected chi connectivity index (χ2v) is 5.88. The molecule has 1 atom stereocenters. The Morgan fingerprint density at radius 3 is 2.79 bits per heavy atom. The summed E-state index contributed by atoms with van der Waals surface area (Å²) in [5, 5.41) is 4.30. The highest BCUT2D eigenvalue weighted by molar-refractivity contribution is 7.99. The number of thiophene rings is 1. The van der Waals surface area contributed by atoms with Gasteiger partial charge in [-0.05, 0) is 40.5 Å². The van der Waals surface area contributed by atoms with Crippen LogP contribution in [0.3, 0.4) is 0 Å². The molecule has 0 aliphatic carbocycles. The number of hydrogen-bond acceptors (Lipinski definition) is 3. The molecule has 0 spiro atoms. The molecule has 1 aromatic heterocycles. The topological polar surface area (TPSA) is 26.0 Å². The quantitative estimate of drug-likeness (QED) is 0.811. The van der Waals surface area contributed by atoms with Crippen molar-refractivity contribution >= 4 is 23.1 Å². The van der Waals surface area contributed by atoms with E-state index in [9.17, 15) is 0 Å². The van der Waals surface area contributed by atoms with Crippen LogP contribution in [0.4, 0.5) is 0 Å². The smallest absolute Gasteiger partial charge is 0.0171 e. The van der Waals surface area contributed by atoms with Gasteiger partial charge in [0.2, 0.25) is 0 Å². The van der Waals surface area contributed by atoms with E-state index >= 15 is 0 Å². The standard InChI is InChI=1S/C11H19NS2/c1-9(2)6-14-8-11(12)5-10-3-4-13-7-10/h3-4,7,9,11H,5-6,8,12H2,1-2H3. The first-order valence-corrected chi connectivity index (χ1v) is 7.12. The van der Waals surface area contributed by atoms with Crippen molar-refractivity contribution in [1.82, 2.24) is 0 Å². The lowest BCUT2D eigenvalue weighted by molar-refractivity contribution is 0.732. The van der Waals surface area contributed by atoms with Crippen molar-refractivity contribution in [2.45, 2.75) is 26.3 Å². The number of thioether (sulfide) groups is 1. The molecule has 0 saturated carbocycles. The molecule has 0 aromatic carbocycles. The van der Waals surface area contributed by atoms with Crippen molar-refractivity contribution in [3.05, 3.63) is 22.4 Å². The maximum absolute atomic E-state index is 6.03. The fourth-order valence-electron chi connectivity index (χ4n) is 1.23. The lowest BCUT2D eigenvalue weighted by Gasteiger charge is -2.11. The molecule has 1 nitrogen and oxygen atoms in total. The molecule has 0 aliphatic rings. The van der Waals surface area contributed by atoms with Crippen LogP contribution in [-0.2, 0) is 6.42 Å². The summed E-state index contributed by atoms with van der Waals surface area (Å²) in [4.78, 5) is 0. The molecule has 3 heteroatoms. The van der Waals surface area contributed by atoms with E-state index in [0.717, 1.165) is 18.1 Å². The highest BCUT2D eigenvalue weighted by Gasteiger charge is 2.05. The Bertz CT molecular complexity index is 231. The first-order chi connectivity index (χ1) is 6.68. The molecule has 1 aromatic rings. The average molecular weight is 229 g/mol. The van der Waals surface area contributed by atoms with Crippen molar-refractivity contribution in [3.63, 3.8) is 0 Å². The Morgan fingerprint density at radius 2 is 2.21 bits per heavy atom. The van der Waals surface area contributed by atoms with Crippen LogP contribution in [0.15, 0.2) is 16.8 Å². The van der Waals surface area contributed by atoms with Crippen molar-refractivity contribution in [2.24, 2.45) is 11.7 Å². The Balaban J connectivity index is 2.13. The third kappa shape index (κ3) is 5.03. The van der Waals surface area contributed by atoms with Gasteiger partial charge in [-0.2, -0.15) is 23.1 Å². The van der Waals surface area contributed by atoms with E-state index in [1.807, 2.05) is 11.8 Å². The Morgan fingerprint density at radius 1 is 1.43 bits per heavy atom. The monoisotopic (exact) mass is 229 g/mol. The Hall–Kier alpha value is 0.01000. The molecule has 0 amide bonds. The molecule has 0 bridgehead atoms. The molecule has 0 fully saturated rings. The first kappa shape index (κ1) is 12.1. The van der Waals surface area contributed by atoms with Crippen molar-refractivity contribution in [2.75, 3.05) is 11.5 Å². The molecular weight excluding hydrogens is 210 g/mol. The van der Waals surface area contributed by atoms with Gasteiger partial charge in [-0.15, -0.1) is 0 Å². The van der Waals surface area contributed by atoms with Crippen LogP contribution in [-0.4, -0.2) is 17.5 Å². The number of rotatable bonds is 6. The van der Waals surface area contributed by atoms with Crippen molar-refractivity contribution in [1.29, 1.82) is 0 Å². The van der Waals surface area contributed by atoms with Crippen molar-refractivity contribution in [3.8, 4) is 0 Å².